The summed E-state index contributed by atoms with van der Waals surface area (Å²) in [5.41, 5.74) is 2.47. The van der Waals surface area contributed by atoms with E-state index < -0.39 is 0 Å². The summed E-state index contributed by atoms with van der Waals surface area (Å²) < 4.78 is 1.86. The van der Waals surface area contributed by atoms with E-state index in [4.69, 9.17) is 4.98 Å². The summed E-state index contributed by atoms with van der Waals surface area (Å²) in [6, 6.07) is 2.66. The third kappa shape index (κ3) is 2.31. The van der Waals surface area contributed by atoms with Gasteiger partial charge in [-0.2, -0.15) is 14.9 Å². The van der Waals surface area contributed by atoms with E-state index in [2.05, 4.69) is 48.7 Å². The summed E-state index contributed by atoms with van der Waals surface area (Å²) in [6.07, 6.45) is 3.69. The molecule has 1 atom stereocenters. The number of hydrogen-bond acceptors (Lipinski definition) is 5. The van der Waals surface area contributed by atoms with Gasteiger partial charge in [-0.15, -0.1) is 0 Å². The van der Waals surface area contributed by atoms with Crippen molar-refractivity contribution in [1.29, 1.82) is 5.26 Å². The maximum Gasteiger partial charge on any atom is 0.177 e. The second-order valence-corrected chi connectivity index (χ2v) is 6.02. The van der Waals surface area contributed by atoms with Crippen molar-refractivity contribution in [3.63, 3.8) is 0 Å². The highest BCUT2D eigenvalue weighted by molar-refractivity contribution is 5.72. The Hall–Kier alpha value is -2.29. The number of nitriles is 1. The standard InChI is InChI=1S/C17H24N6/c1-5-12(4)22-9-8-14-16(21(6-2)7-3)20-15-13(10-18)11-19-23(15)17(14)22/h11-12H,5-9H2,1-4H3. The summed E-state index contributed by atoms with van der Waals surface area (Å²) in [5, 5.41) is 13.8. The van der Waals surface area contributed by atoms with E-state index in [1.165, 1.54) is 5.56 Å². The first-order valence-corrected chi connectivity index (χ1v) is 8.48. The average Bonchev–Trinajstić information content (AvgIpc) is 3.18. The van der Waals surface area contributed by atoms with Gasteiger partial charge < -0.3 is 9.80 Å². The van der Waals surface area contributed by atoms with Gasteiger partial charge in [-0.25, -0.2) is 4.98 Å². The summed E-state index contributed by atoms with van der Waals surface area (Å²) in [6.45, 7) is 11.5. The molecular weight excluding hydrogens is 288 g/mol. The van der Waals surface area contributed by atoms with E-state index in [0.717, 1.165) is 44.1 Å². The van der Waals surface area contributed by atoms with Crippen LogP contribution in [0.3, 0.4) is 0 Å². The van der Waals surface area contributed by atoms with Crippen molar-refractivity contribution in [3.8, 4) is 6.07 Å². The largest absolute Gasteiger partial charge is 0.357 e. The van der Waals surface area contributed by atoms with Crippen LogP contribution in [-0.2, 0) is 6.42 Å². The van der Waals surface area contributed by atoms with Crippen LogP contribution in [0.5, 0.6) is 0 Å². The summed E-state index contributed by atoms with van der Waals surface area (Å²) in [5.74, 6) is 2.13. The zero-order chi connectivity index (χ0) is 16.6. The monoisotopic (exact) mass is 312 g/mol. The van der Waals surface area contributed by atoms with Crippen molar-refractivity contribution in [2.24, 2.45) is 0 Å². The van der Waals surface area contributed by atoms with Gasteiger partial charge >= 0.3 is 0 Å². The van der Waals surface area contributed by atoms with Crippen molar-refractivity contribution in [3.05, 3.63) is 17.3 Å². The molecule has 6 heteroatoms. The molecule has 0 spiro atoms. The van der Waals surface area contributed by atoms with Crippen LogP contribution in [0, 0.1) is 11.3 Å². The first-order chi connectivity index (χ1) is 11.2. The molecule has 1 aliphatic rings. The predicted octanol–water partition coefficient (Wildman–Crippen LogP) is 2.61. The fourth-order valence-electron chi connectivity index (χ4n) is 3.37. The summed E-state index contributed by atoms with van der Waals surface area (Å²) in [4.78, 5) is 9.50. The maximum absolute atomic E-state index is 9.37. The van der Waals surface area contributed by atoms with E-state index in [1.54, 1.807) is 6.20 Å². The highest BCUT2D eigenvalue weighted by Crippen LogP contribution is 2.37. The van der Waals surface area contributed by atoms with Crippen molar-refractivity contribution < 1.29 is 0 Å². The first-order valence-electron chi connectivity index (χ1n) is 8.48. The zero-order valence-corrected chi connectivity index (χ0v) is 14.4. The second kappa shape index (κ2) is 6.07. The Labute approximate surface area is 137 Å². The van der Waals surface area contributed by atoms with Crippen LogP contribution in [0.15, 0.2) is 6.20 Å². The lowest BCUT2D eigenvalue weighted by Gasteiger charge is -2.28. The fraction of sp³-hybridized carbons (Fsp3) is 0.588. The molecule has 1 unspecified atom stereocenters. The molecule has 0 fully saturated rings. The van der Waals surface area contributed by atoms with Crippen LogP contribution in [0.2, 0.25) is 0 Å². The van der Waals surface area contributed by atoms with Crippen molar-refractivity contribution in [2.45, 2.75) is 46.6 Å². The molecule has 23 heavy (non-hydrogen) atoms. The highest BCUT2D eigenvalue weighted by atomic mass is 15.4. The average molecular weight is 312 g/mol. The van der Waals surface area contributed by atoms with E-state index in [9.17, 15) is 5.26 Å². The second-order valence-electron chi connectivity index (χ2n) is 6.02. The molecule has 0 radical (unpaired) electrons. The third-order valence-corrected chi connectivity index (χ3v) is 4.88. The number of hydrogen-bond donors (Lipinski definition) is 0. The molecule has 0 amide bonds. The van der Waals surface area contributed by atoms with Gasteiger partial charge in [0.2, 0.25) is 0 Å². The molecule has 3 rings (SSSR count). The molecule has 0 saturated carbocycles. The number of nitrogens with zero attached hydrogens (tertiary/aromatic N) is 6. The van der Waals surface area contributed by atoms with Gasteiger partial charge in [0.15, 0.2) is 5.65 Å². The molecule has 0 aliphatic carbocycles. The molecule has 0 bridgehead atoms. The predicted molar refractivity (Wildman–Crippen MR) is 92.1 cm³/mol. The molecule has 0 aromatic carbocycles. The molecule has 0 saturated heterocycles. The molecule has 2 aromatic rings. The normalized spacial score (nSPS) is 14.8. The Bertz CT molecular complexity index is 753. The van der Waals surface area contributed by atoms with Gasteiger partial charge in [0.1, 0.15) is 23.3 Å². The summed E-state index contributed by atoms with van der Waals surface area (Å²) >= 11 is 0. The van der Waals surface area contributed by atoms with E-state index >= 15 is 0 Å². The summed E-state index contributed by atoms with van der Waals surface area (Å²) in [7, 11) is 0. The Kier molecular flexibility index (Phi) is 4.12. The maximum atomic E-state index is 9.37. The molecule has 1 aliphatic heterocycles. The Morgan fingerprint density at radius 2 is 2.09 bits per heavy atom. The van der Waals surface area contributed by atoms with Crippen LogP contribution < -0.4 is 9.80 Å². The minimum atomic E-state index is 0.445. The van der Waals surface area contributed by atoms with Gasteiger partial charge in [-0.05, 0) is 33.6 Å². The Morgan fingerprint density at radius 1 is 1.35 bits per heavy atom. The van der Waals surface area contributed by atoms with Gasteiger partial charge in [0.25, 0.3) is 0 Å². The smallest absolute Gasteiger partial charge is 0.177 e. The topological polar surface area (TPSA) is 60.5 Å². The minimum Gasteiger partial charge on any atom is -0.357 e. The van der Waals surface area contributed by atoms with Crippen molar-refractivity contribution >= 4 is 17.3 Å². The van der Waals surface area contributed by atoms with Crippen LogP contribution in [0.4, 0.5) is 11.6 Å². The molecule has 2 aromatic heterocycles. The fourth-order valence-corrected chi connectivity index (χ4v) is 3.37. The Balaban J connectivity index is 2.29. The number of anilines is 2. The number of fused-ring (bicyclic) bond motifs is 3. The van der Waals surface area contributed by atoms with Gasteiger partial charge in [-0.3, -0.25) is 0 Å². The Morgan fingerprint density at radius 3 is 2.70 bits per heavy atom. The molecule has 6 nitrogen and oxygen atoms in total. The quantitative estimate of drug-likeness (QED) is 0.849. The molecule has 122 valence electrons. The minimum absolute atomic E-state index is 0.445. The third-order valence-electron chi connectivity index (χ3n) is 4.88. The molecular formula is C17H24N6. The van der Waals surface area contributed by atoms with Crippen LogP contribution in [-0.4, -0.2) is 40.3 Å². The lowest BCUT2D eigenvalue weighted by Crippen LogP contribution is -2.32. The van der Waals surface area contributed by atoms with Crippen LogP contribution in [0.25, 0.3) is 5.65 Å². The van der Waals surface area contributed by atoms with E-state index in [-0.39, 0.29) is 0 Å². The highest BCUT2D eigenvalue weighted by Gasteiger charge is 2.31. The van der Waals surface area contributed by atoms with Gasteiger partial charge in [-0.1, -0.05) is 6.92 Å². The SMILES string of the molecule is CCC(C)N1CCc2c(N(CC)CC)nc3c(C#N)cnn3c21. The van der Waals surface area contributed by atoms with Gasteiger partial charge in [0.05, 0.1) is 6.20 Å². The number of aromatic nitrogens is 3. The van der Waals surface area contributed by atoms with Crippen LogP contribution in [0.1, 0.15) is 45.2 Å². The van der Waals surface area contributed by atoms with E-state index in [1.807, 2.05) is 4.52 Å². The first kappa shape index (κ1) is 15.6. The zero-order valence-electron chi connectivity index (χ0n) is 14.4. The molecule has 0 N–H and O–H groups in total. The van der Waals surface area contributed by atoms with Crippen molar-refractivity contribution in [1.82, 2.24) is 14.6 Å². The van der Waals surface area contributed by atoms with Crippen molar-refractivity contribution in [2.75, 3.05) is 29.4 Å². The lowest BCUT2D eigenvalue weighted by molar-refractivity contribution is 0.623. The number of rotatable bonds is 5. The molecule has 3 heterocycles. The van der Waals surface area contributed by atoms with Gasteiger partial charge in [0, 0.05) is 31.2 Å². The lowest BCUT2D eigenvalue weighted by atomic mass is 10.2. The van der Waals surface area contributed by atoms with E-state index in [0.29, 0.717) is 17.3 Å². The van der Waals surface area contributed by atoms with Crippen LogP contribution >= 0.6 is 0 Å².